The van der Waals surface area contributed by atoms with Crippen molar-refractivity contribution < 1.29 is 23.6 Å². The normalized spacial score (nSPS) is 15.3. The van der Waals surface area contributed by atoms with E-state index in [2.05, 4.69) is 0 Å². The van der Waals surface area contributed by atoms with Crippen molar-refractivity contribution in [1.82, 2.24) is 14.5 Å². The number of hydrogen-bond donors (Lipinski definition) is 0. The molecule has 11 rings (SSSR count). The van der Waals surface area contributed by atoms with Crippen LogP contribution in [-0.2, 0) is 0 Å². The number of furan rings is 1. The average molecular weight is 704 g/mol. The molecule has 0 fully saturated rings. The van der Waals surface area contributed by atoms with Gasteiger partial charge in [0.2, 0.25) is 0 Å². The maximum atomic E-state index is 9.63. The van der Waals surface area contributed by atoms with Gasteiger partial charge in [-0.2, -0.15) is 0 Å². The molecule has 3 aromatic heterocycles. The molecule has 8 aromatic carbocycles. The zero-order valence-corrected chi connectivity index (χ0v) is 28.1. The van der Waals surface area contributed by atoms with Crippen LogP contribution in [-0.4, -0.2) is 14.5 Å². The fourth-order valence-corrected chi connectivity index (χ4v) is 7.02. The summed E-state index contributed by atoms with van der Waals surface area (Å²) in [6.45, 7) is 0. The molecule has 0 saturated carbocycles. The van der Waals surface area contributed by atoms with Crippen molar-refractivity contribution >= 4 is 54.5 Å². The van der Waals surface area contributed by atoms with E-state index >= 15 is 0 Å². The van der Waals surface area contributed by atoms with Gasteiger partial charge < -0.3 is 8.98 Å². The Bertz CT molecular complexity index is 3940. The SMILES string of the molecule is [2H]c1c([2H])c(-n2c3c([2H])c([2H])c([2H])c([2H])c3c3c([2H])c4c([2H])c([2H])c([2H])c([2H])c4c([2H])c32)c([2H])c([2H])c1-c1cc(-c2cc(-c3ccccc3)nc(-c3ccccc3)n2)c2c(c1)oc1ccccc12. The van der Waals surface area contributed by atoms with E-state index in [0.29, 0.717) is 39.3 Å². The third-order valence-electron chi connectivity index (χ3n) is 9.49. The molecule has 0 aliphatic carbocycles. The van der Waals surface area contributed by atoms with Crippen molar-refractivity contribution in [3.05, 3.63) is 188 Å². The van der Waals surface area contributed by atoms with Gasteiger partial charge in [-0.05, 0) is 76.4 Å². The van der Waals surface area contributed by atoms with Gasteiger partial charge in [-0.25, -0.2) is 9.97 Å². The molecule has 54 heavy (non-hydrogen) atoms. The molecule has 0 unspecified atom stereocenters. The van der Waals surface area contributed by atoms with E-state index in [1.165, 1.54) is 0 Å². The first-order valence-electron chi connectivity index (χ1n) is 24.1. The standard InChI is InChI=1S/C50H31N3O/c1-3-13-33(14-4-1)43-31-44(52-50(51-43)34-15-5-2-6-16-34)42-28-37(30-48-49(42)40-20-10-12-22-47(40)54-48)32-23-25-38(26-24-32)53-45-21-11-9-19-39(45)41-27-35-17-7-8-18-36(35)29-46(41)53/h1-31H/i7D,8D,9D,11D,17D,18D,19D,21D,23D,24D,25D,26D,27D,29D. The lowest BCUT2D eigenvalue weighted by atomic mass is 9.96. The van der Waals surface area contributed by atoms with Crippen LogP contribution >= 0.6 is 0 Å². The summed E-state index contributed by atoms with van der Waals surface area (Å²) in [4.78, 5) is 10.0. The van der Waals surface area contributed by atoms with E-state index in [4.69, 9.17) is 25.4 Å². The Morgan fingerprint density at radius 2 is 1.17 bits per heavy atom. The summed E-state index contributed by atoms with van der Waals surface area (Å²) in [6, 6.07) is 22.7. The molecule has 11 aromatic rings. The summed E-state index contributed by atoms with van der Waals surface area (Å²) >= 11 is 0. The second-order valence-corrected chi connectivity index (χ2v) is 12.7. The lowest BCUT2D eigenvalue weighted by Gasteiger charge is -2.13. The van der Waals surface area contributed by atoms with Gasteiger partial charge in [-0.3, -0.25) is 0 Å². The summed E-state index contributed by atoms with van der Waals surface area (Å²) < 4.78 is 134. The van der Waals surface area contributed by atoms with Crippen molar-refractivity contribution in [3.63, 3.8) is 0 Å². The van der Waals surface area contributed by atoms with Crippen LogP contribution in [0.5, 0.6) is 0 Å². The van der Waals surface area contributed by atoms with Crippen molar-refractivity contribution in [3.8, 4) is 50.7 Å². The van der Waals surface area contributed by atoms with Crippen LogP contribution in [0.25, 0.3) is 105 Å². The van der Waals surface area contributed by atoms with Crippen LogP contribution < -0.4 is 0 Å². The Hall–Kier alpha value is -7.30. The molecule has 0 amide bonds. The second kappa shape index (κ2) is 12.1. The van der Waals surface area contributed by atoms with Gasteiger partial charge in [0.05, 0.1) is 41.6 Å². The first-order chi connectivity index (χ1) is 32.6. The molecule has 0 N–H and O–H groups in total. The van der Waals surface area contributed by atoms with E-state index in [1.54, 1.807) is 12.1 Å². The predicted molar refractivity (Wildman–Crippen MR) is 223 cm³/mol. The molecule has 4 heteroatoms. The largest absolute Gasteiger partial charge is 0.456 e. The van der Waals surface area contributed by atoms with E-state index in [9.17, 15) is 8.22 Å². The van der Waals surface area contributed by atoms with Crippen LogP contribution in [0.4, 0.5) is 0 Å². The number of rotatable bonds is 5. The van der Waals surface area contributed by atoms with Gasteiger partial charge in [0.15, 0.2) is 5.82 Å². The van der Waals surface area contributed by atoms with Gasteiger partial charge >= 0.3 is 0 Å². The van der Waals surface area contributed by atoms with Gasteiger partial charge in [0, 0.05) is 43.9 Å². The van der Waals surface area contributed by atoms with Crippen molar-refractivity contribution in [2.45, 2.75) is 0 Å². The van der Waals surface area contributed by atoms with E-state index in [1.807, 2.05) is 91.0 Å². The summed E-state index contributed by atoms with van der Waals surface area (Å²) in [6.07, 6.45) is 0. The number of hydrogen-bond acceptors (Lipinski definition) is 3. The zero-order chi connectivity index (χ0) is 47.8. The highest BCUT2D eigenvalue weighted by Gasteiger charge is 2.19. The summed E-state index contributed by atoms with van der Waals surface area (Å²) in [5.74, 6) is 0.430. The van der Waals surface area contributed by atoms with Crippen LogP contribution in [0.1, 0.15) is 19.2 Å². The van der Waals surface area contributed by atoms with Gasteiger partial charge in [-0.1, -0.05) is 133 Å². The first kappa shape index (κ1) is 19.5. The Morgan fingerprint density at radius 3 is 1.98 bits per heavy atom. The minimum Gasteiger partial charge on any atom is -0.456 e. The molecular weight excluding hydrogens is 659 g/mol. The maximum absolute atomic E-state index is 9.63. The number of aromatic nitrogens is 3. The molecule has 0 bridgehead atoms. The molecular formula is C50H31N3O. The third kappa shape index (κ3) is 4.92. The highest BCUT2D eigenvalue weighted by atomic mass is 16.3. The second-order valence-electron chi connectivity index (χ2n) is 12.7. The number of fused-ring (bicyclic) bond motifs is 7. The van der Waals surface area contributed by atoms with E-state index in [0.717, 1.165) is 21.1 Å². The van der Waals surface area contributed by atoms with E-state index < -0.39 is 90.3 Å². The Labute approximate surface area is 330 Å². The van der Waals surface area contributed by atoms with Crippen molar-refractivity contribution in [2.24, 2.45) is 0 Å². The highest BCUT2D eigenvalue weighted by molar-refractivity contribution is 6.15. The number of nitrogens with zero attached hydrogens (tertiary/aromatic N) is 3. The molecule has 252 valence electrons. The quantitative estimate of drug-likeness (QED) is 0.179. The monoisotopic (exact) mass is 703 g/mol. The average Bonchev–Trinajstić information content (AvgIpc) is 3.91. The first-order valence-corrected chi connectivity index (χ1v) is 17.1. The van der Waals surface area contributed by atoms with Gasteiger partial charge in [0.1, 0.15) is 11.2 Å². The smallest absolute Gasteiger partial charge is 0.160 e. The fraction of sp³-hybridized carbons (Fsp3) is 0. The minimum absolute atomic E-state index is 0.150. The van der Waals surface area contributed by atoms with Crippen molar-refractivity contribution in [2.75, 3.05) is 0 Å². The third-order valence-corrected chi connectivity index (χ3v) is 9.49. The zero-order valence-electron chi connectivity index (χ0n) is 42.1. The highest BCUT2D eigenvalue weighted by Crippen LogP contribution is 2.41. The fourth-order valence-electron chi connectivity index (χ4n) is 7.02. The Kier molecular flexibility index (Phi) is 4.39. The molecule has 0 aliphatic rings. The lowest BCUT2D eigenvalue weighted by molar-refractivity contribution is 0.669. The summed E-state index contributed by atoms with van der Waals surface area (Å²) in [5, 5.41) is 0.100. The predicted octanol–water partition coefficient (Wildman–Crippen LogP) is 13.3. The Morgan fingerprint density at radius 1 is 0.481 bits per heavy atom. The summed E-state index contributed by atoms with van der Waals surface area (Å²) in [7, 11) is 0. The van der Waals surface area contributed by atoms with Crippen LogP contribution in [0.2, 0.25) is 0 Å². The minimum atomic E-state index is -0.715. The van der Waals surface area contributed by atoms with Gasteiger partial charge in [-0.15, -0.1) is 0 Å². The molecule has 0 spiro atoms. The lowest BCUT2D eigenvalue weighted by Crippen LogP contribution is -1.96. The molecule has 0 saturated heterocycles. The van der Waals surface area contributed by atoms with E-state index in [-0.39, 0.29) is 43.7 Å². The topological polar surface area (TPSA) is 43.9 Å². The number of benzene rings is 8. The molecule has 0 atom stereocenters. The van der Waals surface area contributed by atoms with Crippen LogP contribution in [0.15, 0.2) is 192 Å². The summed E-state index contributed by atoms with van der Waals surface area (Å²) in [5.41, 5.74) is 2.94. The molecule has 0 radical (unpaired) electrons. The van der Waals surface area contributed by atoms with Crippen LogP contribution in [0.3, 0.4) is 0 Å². The molecule has 3 heterocycles. The maximum Gasteiger partial charge on any atom is 0.160 e. The molecule has 0 aliphatic heterocycles. The van der Waals surface area contributed by atoms with Crippen LogP contribution in [0, 0.1) is 0 Å². The van der Waals surface area contributed by atoms with Crippen molar-refractivity contribution in [1.29, 1.82) is 0 Å². The Balaban J connectivity index is 1.24. The molecule has 4 nitrogen and oxygen atoms in total. The van der Waals surface area contributed by atoms with Gasteiger partial charge in [0.25, 0.3) is 0 Å². The number of para-hydroxylation sites is 2.